The zero-order chi connectivity index (χ0) is 14.6. The largest absolute Gasteiger partial charge is 0.506 e. The average molecular weight is 282 g/mol. The van der Waals surface area contributed by atoms with Gasteiger partial charge in [0.25, 0.3) is 0 Å². The van der Waals surface area contributed by atoms with Crippen LogP contribution in [0, 0.1) is 12.3 Å². The fourth-order valence-corrected chi connectivity index (χ4v) is 1.94. The van der Waals surface area contributed by atoms with Crippen LogP contribution in [0.3, 0.4) is 0 Å². The second kappa shape index (κ2) is 5.73. The number of amides is 1. The monoisotopic (exact) mass is 282 g/mol. The number of sulfone groups is 1. The van der Waals surface area contributed by atoms with Crippen molar-refractivity contribution in [2.45, 2.75) is 17.4 Å². The number of nitrogens with one attached hydrogen (secondary N) is 1. The molecule has 0 saturated carbocycles. The van der Waals surface area contributed by atoms with Crippen LogP contribution in [0.25, 0.3) is 0 Å². The molecule has 0 aliphatic rings. The molecule has 4 N–H and O–H groups in total. The lowest BCUT2D eigenvalue weighted by atomic mass is 10.2. The predicted molar refractivity (Wildman–Crippen MR) is 71.3 cm³/mol. The van der Waals surface area contributed by atoms with E-state index in [1.165, 1.54) is 12.1 Å². The van der Waals surface area contributed by atoms with Crippen LogP contribution in [-0.2, 0) is 14.6 Å². The molecule has 0 fully saturated rings. The summed E-state index contributed by atoms with van der Waals surface area (Å²) in [5.74, 6) is 1.39. The molecule has 0 radical (unpaired) electrons. The van der Waals surface area contributed by atoms with Gasteiger partial charge in [-0.2, -0.15) is 0 Å². The fraction of sp³-hybridized carbons (Fsp3) is 0.250. The van der Waals surface area contributed by atoms with E-state index in [1.807, 2.05) is 0 Å². The summed E-state index contributed by atoms with van der Waals surface area (Å²) in [6, 6.07) is 2.65. The summed E-state index contributed by atoms with van der Waals surface area (Å²) in [5, 5.41) is 11.9. The summed E-state index contributed by atoms with van der Waals surface area (Å²) in [5.41, 5.74) is 5.47. The molecule has 7 heteroatoms. The Bertz CT molecular complexity index is 632. The Balaban J connectivity index is 3.02. The molecule has 1 aromatic carbocycles. The van der Waals surface area contributed by atoms with Crippen molar-refractivity contribution in [1.82, 2.24) is 0 Å². The molecule has 102 valence electrons. The van der Waals surface area contributed by atoms with Crippen LogP contribution in [0.15, 0.2) is 23.1 Å². The van der Waals surface area contributed by atoms with Gasteiger partial charge in [-0.1, -0.05) is 0 Å². The second-order valence-corrected chi connectivity index (χ2v) is 5.97. The van der Waals surface area contributed by atoms with Crippen LogP contribution in [0.5, 0.6) is 5.75 Å². The van der Waals surface area contributed by atoms with E-state index in [2.05, 4.69) is 11.2 Å². The lowest BCUT2D eigenvalue weighted by Gasteiger charge is -2.11. The number of anilines is 1. The lowest BCUT2D eigenvalue weighted by molar-refractivity contribution is -0.117. The van der Waals surface area contributed by atoms with Gasteiger partial charge >= 0.3 is 0 Å². The summed E-state index contributed by atoms with van der Waals surface area (Å²) >= 11 is 0. The van der Waals surface area contributed by atoms with Crippen LogP contribution < -0.4 is 11.1 Å². The number of carbonyl (C=O) groups is 1. The number of nitrogens with two attached hydrogens (primary N) is 1. The van der Waals surface area contributed by atoms with E-state index in [9.17, 15) is 18.3 Å². The third kappa shape index (κ3) is 3.98. The first-order chi connectivity index (χ1) is 8.75. The summed E-state index contributed by atoms with van der Waals surface area (Å²) in [4.78, 5) is 11.6. The Morgan fingerprint density at radius 1 is 1.58 bits per heavy atom. The number of aromatic hydroxyl groups is 1. The molecular formula is C12H14N2O4S. The van der Waals surface area contributed by atoms with Gasteiger partial charge in [-0.25, -0.2) is 8.42 Å². The summed E-state index contributed by atoms with van der Waals surface area (Å²) < 4.78 is 22.7. The predicted octanol–water partition coefficient (Wildman–Crippen LogP) is 0.0848. The molecule has 0 saturated heterocycles. The van der Waals surface area contributed by atoms with Crippen molar-refractivity contribution < 1.29 is 18.3 Å². The van der Waals surface area contributed by atoms with E-state index in [0.29, 0.717) is 0 Å². The minimum atomic E-state index is -3.43. The highest BCUT2D eigenvalue weighted by molar-refractivity contribution is 7.90. The Labute approximate surface area is 111 Å². The van der Waals surface area contributed by atoms with Crippen molar-refractivity contribution in [2.75, 3.05) is 11.6 Å². The van der Waals surface area contributed by atoms with Gasteiger partial charge < -0.3 is 16.2 Å². The number of rotatable bonds is 4. The van der Waals surface area contributed by atoms with E-state index < -0.39 is 21.8 Å². The van der Waals surface area contributed by atoms with Crippen LogP contribution in [0.1, 0.15) is 6.42 Å². The molecule has 0 spiro atoms. The number of terminal acetylenes is 1. The Morgan fingerprint density at radius 3 is 2.74 bits per heavy atom. The van der Waals surface area contributed by atoms with E-state index in [4.69, 9.17) is 12.2 Å². The topological polar surface area (TPSA) is 109 Å². The van der Waals surface area contributed by atoms with Gasteiger partial charge in [0.2, 0.25) is 5.91 Å². The molecule has 6 nitrogen and oxygen atoms in total. The first-order valence-corrected chi connectivity index (χ1v) is 7.18. The minimum absolute atomic E-state index is 0.0221. The second-order valence-electron chi connectivity index (χ2n) is 3.96. The maximum atomic E-state index is 11.6. The third-order valence-corrected chi connectivity index (χ3v) is 3.44. The van der Waals surface area contributed by atoms with Gasteiger partial charge in [0.15, 0.2) is 9.84 Å². The van der Waals surface area contributed by atoms with Gasteiger partial charge in [0.1, 0.15) is 5.75 Å². The van der Waals surface area contributed by atoms with Gasteiger partial charge in [0.05, 0.1) is 16.6 Å². The van der Waals surface area contributed by atoms with E-state index in [-0.39, 0.29) is 22.8 Å². The number of carbonyl (C=O) groups excluding carboxylic acids is 1. The molecule has 0 aliphatic carbocycles. The van der Waals surface area contributed by atoms with E-state index in [1.54, 1.807) is 0 Å². The molecule has 1 atom stereocenters. The lowest BCUT2D eigenvalue weighted by Crippen LogP contribution is -2.35. The molecule has 0 heterocycles. The number of hydrogen-bond acceptors (Lipinski definition) is 5. The van der Waals surface area contributed by atoms with Gasteiger partial charge in [-0.3, -0.25) is 4.79 Å². The summed E-state index contributed by atoms with van der Waals surface area (Å²) in [7, 11) is -3.43. The molecular weight excluding hydrogens is 268 g/mol. The average Bonchev–Trinajstić information content (AvgIpc) is 2.30. The molecule has 0 bridgehead atoms. The van der Waals surface area contributed by atoms with Crippen molar-refractivity contribution in [3.8, 4) is 18.1 Å². The normalized spacial score (nSPS) is 12.5. The molecule has 0 aromatic heterocycles. The first kappa shape index (κ1) is 15.0. The zero-order valence-electron chi connectivity index (χ0n) is 10.3. The zero-order valence-corrected chi connectivity index (χ0v) is 11.1. The summed E-state index contributed by atoms with van der Waals surface area (Å²) in [6.45, 7) is 0. The molecule has 19 heavy (non-hydrogen) atoms. The van der Waals surface area contributed by atoms with E-state index >= 15 is 0 Å². The molecule has 1 aromatic rings. The van der Waals surface area contributed by atoms with Crippen LogP contribution in [-0.4, -0.2) is 31.7 Å². The van der Waals surface area contributed by atoms with Crippen molar-refractivity contribution in [3.63, 3.8) is 0 Å². The number of phenolic OH excluding ortho intramolecular Hbond substituents is 1. The quantitative estimate of drug-likeness (QED) is 0.535. The number of hydrogen-bond donors (Lipinski definition) is 3. The van der Waals surface area contributed by atoms with Crippen molar-refractivity contribution in [1.29, 1.82) is 0 Å². The summed E-state index contributed by atoms with van der Waals surface area (Å²) in [6.07, 6.45) is 6.10. The molecule has 1 amide bonds. The van der Waals surface area contributed by atoms with Gasteiger partial charge in [-0.05, 0) is 18.2 Å². The highest BCUT2D eigenvalue weighted by Crippen LogP contribution is 2.26. The van der Waals surface area contributed by atoms with Crippen molar-refractivity contribution >= 4 is 21.4 Å². The van der Waals surface area contributed by atoms with E-state index in [0.717, 1.165) is 12.3 Å². The van der Waals surface area contributed by atoms with Crippen molar-refractivity contribution in [3.05, 3.63) is 18.2 Å². The standard InChI is InChI=1S/C12H14N2O4S/c1-3-4-9(13)12(16)14-10-7-8(19(2,17)18)5-6-11(10)15/h1,5-7,9,15H,4,13H2,2H3,(H,14,16). The number of benzene rings is 1. The van der Waals surface area contributed by atoms with Crippen molar-refractivity contribution in [2.24, 2.45) is 5.73 Å². The van der Waals surface area contributed by atoms with Crippen LogP contribution in [0.4, 0.5) is 5.69 Å². The highest BCUT2D eigenvalue weighted by Gasteiger charge is 2.16. The maximum Gasteiger partial charge on any atom is 0.242 e. The van der Waals surface area contributed by atoms with Crippen LogP contribution in [0.2, 0.25) is 0 Å². The van der Waals surface area contributed by atoms with Crippen LogP contribution >= 0.6 is 0 Å². The Morgan fingerprint density at radius 2 is 2.21 bits per heavy atom. The van der Waals surface area contributed by atoms with Gasteiger partial charge in [-0.15, -0.1) is 12.3 Å². The third-order valence-electron chi connectivity index (χ3n) is 2.33. The van der Waals surface area contributed by atoms with Gasteiger partial charge in [0, 0.05) is 12.7 Å². The first-order valence-electron chi connectivity index (χ1n) is 5.28. The Hall–Kier alpha value is -2.04. The molecule has 1 rings (SSSR count). The fourth-order valence-electron chi connectivity index (χ4n) is 1.29. The minimum Gasteiger partial charge on any atom is -0.506 e. The highest BCUT2D eigenvalue weighted by atomic mass is 32.2. The number of phenols is 1. The molecule has 1 unspecified atom stereocenters. The SMILES string of the molecule is C#CCC(N)C(=O)Nc1cc(S(C)(=O)=O)ccc1O. The molecule has 0 aliphatic heterocycles. The smallest absolute Gasteiger partial charge is 0.242 e. The Kier molecular flexibility index (Phi) is 4.53. The maximum absolute atomic E-state index is 11.6.